The SMILES string of the molecule is CS(=O)(=O)c1ccc(-n2ncc(C(=O)NN)c2N)cc1. The molecule has 0 aliphatic rings. The number of hydrogen-bond donors (Lipinski definition) is 3. The van der Waals surface area contributed by atoms with Crippen LogP contribution in [0.1, 0.15) is 10.4 Å². The van der Waals surface area contributed by atoms with Gasteiger partial charge in [0.25, 0.3) is 5.91 Å². The van der Waals surface area contributed by atoms with Crippen molar-refractivity contribution in [1.82, 2.24) is 15.2 Å². The van der Waals surface area contributed by atoms with Gasteiger partial charge in [0.15, 0.2) is 9.84 Å². The molecule has 0 unspecified atom stereocenters. The van der Waals surface area contributed by atoms with E-state index in [-0.39, 0.29) is 16.3 Å². The molecule has 20 heavy (non-hydrogen) atoms. The molecule has 2 rings (SSSR count). The fourth-order valence-electron chi connectivity index (χ4n) is 1.65. The molecule has 0 fully saturated rings. The molecule has 0 radical (unpaired) electrons. The highest BCUT2D eigenvalue weighted by atomic mass is 32.2. The second-order valence-corrected chi connectivity index (χ2v) is 6.11. The summed E-state index contributed by atoms with van der Waals surface area (Å²) in [6.07, 6.45) is 2.40. The van der Waals surface area contributed by atoms with E-state index in [4.69, 9.17) is 11.6 Å². The summed E-state index contributed by atoms with van der Waals surface area (Å²) in [7, 11) is -3.27. The zero-order valence-corrected chi connectivity index (χ0v) is 11.4. The maximum Gasteiger partial charge on any atom is 0.270 e. The van der Waals surface area contributed by atoms with Gasteiger partial charge in [0, 0.05) is 6.26 Å². The number of aromatic nitrogens is 2. The maximum atomic E-state index is 11.4. The molecule has 0 aliphatic carbocycles. The predicted octanol–water partition coefficient (Wildman–Crippen LogP) is -0.538. The molecule has 1 amide bonds. The van der Waals surface area contributed by atoms with E-state index in [0.717, 1.165) is 6.26 Å². The summed E-state index contributed by atoms with van der Waals surface area (Å²) in [6, 6.07) is 5.97. The number of rotatable bonds is 3. The first kappa shape index (κ1) is 14.0. The van der Waals surface area contributed by atoms with Crippen LogP contribution in [0.5, 0.6) is 0 Å². The van der Waals surface area contributed by atoms with Crippen LogP contribution in [0, 0.1) is 0 Å². The summed E-state index contributed by atoms with van der Waals surface area (Å²) < 4.78 is 24.0. The normalized spacial score (nSPS) is 11.3. The van der Waals surface area contributed by atoms with Crippen LogP contribution in [-0.4, -0.2) is 30.4 Å². The summed E-state index contributed by atoms with van der Waals surface area (Å²) in [6.45, 7) is 0. The standard InChI is InChI=1S/C11H13N5O3S/c1-20(18,19)8-4-2-7(3-5-8)16-10(12)9(6-14-16)11(17)15-13/h2-6H,12-13H2,1H3,(H,15,17). The molecular weight excluding hydrogens is 282 g/mol. The lowest BCUT2D eigenvalue weighted by Gasteiger charge is -2.06. The molecule has 1 heterocycles. The van der Waals surface area contributed by atoms with E-state index >= 15 is 0 Å². The Morgan fingerprint density at radius 1 is 1.30 bits per heavy atom. The average molecular weight is 295 g/mol. The lowest BCUT2D eigenvalue weighted by atomic mass is 10.3. The molecule has 0 atom stereocenters. The number of nitrogens with zero attached hydrogens (tertiary/aromatic N) is 2. The van der Waals surface area contributed by atoms with Crippen molar-refractivity contribution in [2.75, 3.05) is 12.0 Å². The van der Waals surface area contributed by atoms with Gasteiger partial charge < -0.3 is 5.73 Å². The number of anilines is 1. The number of sulfone groups is 1. The Morgan fingerprint density at radius 2 is 1.90 bits per heavy atom. The van der Waals surface area contributed by atoms with Gasteiger partial charge in [0.2, 0.25) is 0 Å². The van der Waals surface area contributed by atoms with Crippen molar-refractivity contribution in [3.05, 3.63) is 36.0 Å². The molecular formula is C11H13N5O3S. The van der Waals surface area contributed by atoms with Gasteiger partial charge >= 0.3 is 0 Å². The number of nitrogens with two attached hydrogens (primary N) is 2. The van der Waals surface area contributed by atoms with Crippen LogP contribution < -0.4 is 17.0 Å². The number of nitrogens with one attached hydrogen (secondary N) is 1. The highest BCUT2D eigenvalue weighted by Crippen LogP contribution is 2.18. The third-order valence-corrected chi connectivity index (χ3v) is 3.82. The van der Waals surface area contributed by atoms with Crippen LogP contribution in [-0.2, 0) is 9.84 Å². The van der Waals surface area contributed by atoms with E-state index in [1.165, 1.54) is 23.0 Å². The lowest BCUT2D eigenvalue weighted by Crippen LogP contribution is -2.30. The highest BCUT2D eigenvalue weighted by molar-refractivity contribution is 7.90. The van der Waals surface area contributed by atoms with Crippen LogP contribution in [0.15, 0.2) is 35.4 Å². The number of hydrogen-bond acceptors (Lipinski definition) is 6. The van der Waals surface area contributed by atoms with Crippen molar-refractivity contribution < 1.29 is 13.2 Å². The quantitative estimate of drug-likeness (QED) is 0.396. The molecule has 0 aliphatic heterocycles. The molecule has 1 aromatic carbocycles. The first-order chi connectivity index (χ1) is 9.34. The molecule has 0 saturated heterocycles. The Kier molecular flexibility index (Phi) is 3.47. The van der Waals surface area contributed by atoms with Crippen molar-refractivity contribution in [3.63, 3.8) is 0 Å². The zero-order valence-electron chi connectivity index (χ0n) is 10.6. The van der Waals surface area contributed by atoms with Crippen LogP contribution in [0.25, 0.3) is 5.69 Å². The van der Waals surface area contributed by atoms with Crippen molar-refractivity contribution in [3.8, 4) is 5.69 Å². The number of nitrogen functional groups attached to an aromatic ring is 2. The number of carbonyl (C=O) groups excluding carboxylic acids is 1. The summed E-state index contributed by atoms with van der Waals surface area (Å²) in [5.74, 6) is 4.59. The second kappa shape index (κ2) is 4.94. The maximum absolute atomic E-state index is 11.4. The van der Waals surface area contributed by atoms with Gasteiger partial charge in [-0.1, -0.05) is 0 Å². The minimum Gasteiger partial charge on any atom is -0.383 e. The van der Waals surface area contributed by atoms with Gasteiger partial charge in [-0.2, -0.15) is 5.10 Å². The number of amides is 1. The summed E-state index contributed by atoms with van der Waals surface area (Å²) in [5.41, 5.74) is 8.44. The molecule has 0 saturated carbocycles. The Hall–Kier alpha value is -2.39. The van der Waals surface area contributed by atoms with E-state index < -0.39 is 15.7 Å². The van der Waals surface area contributed by atoms with Crippen molar-refractivity contribution >= 4 is 21.6 Å². The Morgan fingerprint density at radius 3 is 2.40 bits per heavy atom. The lowest BCUT2D eigenvalue weighted by molar-refractivity contribution is 0.0954. The first-order valence-corrected chi connectivity index (χ1v) is 7.38. The third-order valence-electron chi connectivity index (χ3n) is 2.69. The zero-order chi connectivity index (χ0) is 14.9. The molecule has 106 valence electrons. The van der Waals surface area contributed by atoms with Gasteiger partial charge in [-0.25, -0.2) is 18.9 Å². The summed E-state index contributed by atoms with van der Waals surface area (Å²) in [4.78, 5) is 11.6. The highest BCUT2D eigenvalue weighted by Gasteiger charge is 2.15. The molecule has 2 aromatic rings. The van der Waals surface area contributed by atoms with Crippen LogP contribution in [0.4, 0.5) is 5.82 Å². The number of carbonyl (C=O) groups is 1. The summed E-state index contributed by atoms with van der Waals surface area (Å²) >= 11 is 0. The molecule has 9 heteroatoms. The van der Waals surface area contributed by atoms with E-state index in [2.05, 4.69) is 5.10 Å². The molecule has 1 aromatic heterocycles. The second-order valence-electron chi connectivity index (χ2n) is 4.09. The minimum atomic E-state index is -3.27. The third kappa shape index (κ3) is 2.49. The van der Waals surface area contributed by atoms with E-state index in [1.54, 1.807) is 12.1 Å². The predicted molar refractivity (Wildman–Crippen MR) is 72.7 cm³/mol. The monoisotopic (exact) mass is 295 g/mol. The fourth-order valence-corrected chi connectivity index (χ4v) is 2.28. The Labute approximate surface area is 115 Å². The largest absolute Gasteiger partial charge is 0.383 e. The van der Waals surface area contributed by atoms with Gasteiger partial charge in [0.1, 0.15) is 11.4 Å². The Balaban J connectivity index is 2.43. The molecule has 0 bridgehead atoms. The van der Waals surface area contributed by atoms with Crippen LogP contribution >= 0.6 is 0 Å². The average Bonchev–Trinajstić information content (AvgIpc) is 2.79. The molecule has 5 N–H and O–H groups in total. The Bertz CT molecular complexity index is 749. The number of benzene rings is 1. The van der Waals surface area contributed by atoms with Crippen LogP contribution in [0.3, 0.4) is 0 Å². The van der Waals surface area contributed by atoms with E-state index in [9.17, 15) is 13.2 Å². The van der Waals surface area contributed by atoms with E-state index in [0.29, 0.717) is 5.69 Å². The fraction of sp³-hybridized carbons (Fsp3) is 0.0909. The first-order valence-electron chi connectivity index (χ1n) is 5.49. The number of hydrazine groups is 1. The van der Waals surface area contributed by atoms with E-state index in [1.807, 2.05) is 5.43 Å². The van der Waals surface area contributed by atoms with Crippen LogP contribution in [0.2, 0.25) is 0 Å². The van der Waals surface area contributed by atoms with Crippen molar-refractivity contribution in [2.24, 2.45) is 5.84 Å². The van der Waals surface area contributed by atoms with Gasteiger partial charge in [0.05, 0.1) is 16.8 Å². The van der Waals surface area contributed by atoms with Gasteiger partial charge in [-0.05, 0) is 24.3 Å². The smallest absolute Gasteiger partial charge is 0.270 e. The minimum absolute atomic E-state index is 0.111. The summed E-state index contributed by atoms with van der Waals surface area (Å²) in [5, 5.41) is 3.97. The van der Waals surface area contributed by atoms with Crippen molar-refractivity contribution in [1.29, 1.82) is 0 Å². The topological polar surface area (TPSA) is 133 Å². The van der Waals surface area contributed by atoms with Gasteiger partial charge in [-0.3, -0.25) is 10.2 Å². The molecule has 8 nitrogen and oxygen atoms in total. The van der Waals surface area contributed by atoms with Crippen molar-refractivity contribution in [2.45, 2.75) is 4.90 Å². The van der Waals surface area contributed by atoms with Gasteiger partial charge in [-0.15, -0.1) is 0 Å². The molecule has 0 spiro atoms.